The molecule has 0 aliphatic heterocycles. The summed E-state index contributed by atoms with van der Waals surface area (Å²) in [4.78, 5) is 0. The van der Waals surface area contributed by atoms with Crippen molar-refractivity contribution in [3.8, 4) is 0 Å². The molecule has 20 heavy (non-hydrogen) atoms. The number of benzene rings is 2. The predicted octanol–water partition coefficient (Wildman–Crippen LogP) is 4.99. The fourth-order valence-electron chi connectivity index (χ4n) is 2.29. The molecule has 2 heteroatoms. The van der Waals surface area contributed by atoms with Gasteiger partial charge in [0.1, 0.15) is 0 Å². The Morgan fingerprint density at radius 3 is 2.30 bits per heavy atom. The Balaban J connectivity index is 1.83. The van der Waals surface area contributed by atoms with Gasteiger partial charge in [-0.15, -0.1) is 0 Å². The summed E-state index contributed by atoms with van der Waals surface area (Å²) in [5.74, 6) is 0.229. The highest BCUT2D eigenvalue weighted by molar-refractivity contribution is 6.30. The van der Waals surface area contributed by atoms with Crippen LogP contribution in [0.15, 0.2) is 54.6 Å². The lowest BCUT2D eigenvalue weighted by atomic mass is 9.93. The smallest absolute Gasteiger partial charge is 0.0406 e. The first kappa shape index (κ1) is 14.8. The van der Waals surface area contributed by atoms with Gasteiger partial charge in [0.2, 0.25) is 0 Å². The molecule has 1 unspecified atom stereocenters. The molecule has 2 rings (SSSR count). The topological polar surface area (TPSA) is 23.9 Å². The third-order valence-corrected chi connectivity index (χ3v) is 3.49. The van der Waals surface area contributed by atoms with Gasteiger partial charge < -0.3 is 5.41 Å². The molecule has 0 spiro atoms. The van der Waals surface area contributed by atoms with Crippen molar-refractivity contribution < 1.29 is 0 Å². The minimum atomic E-state index is 0.229. The average Bonchev–Trinajstić information content (AvgIpc) is 2.42. The second-order valence-electron chi connectivity index (χ2n) is 5.17. The van der Waals surface area contributed by atoms with E-state index in [4.69, 9.17) is 17.0 Å². The first-order valence-electron chi connectivity index (χ1n) is 6.81. The largest absolute Gasteiger partial charge is 0.309 e. The summed E-state index contributed by atoms with van der Waals surface area (Å²) in [5, 5.41) is 8.85. The van der Waals surface area contributed by atoms with E-state index < -0.39 is 0 Å². The van der Waals surface area contributed by atoms with E-state index in [1.54, 1.807) is 0 Å². The van der Waals surface area contributed by atoms with E-state index in [0.717, 1.165) is 23.6 Å². The van der Waals surface area contributed by atoms with Gasteiger partial charge in [0.05, 0.1) is 0 Å². The summed E-state index contributed by atoms with van der Waals surface area (Å²) in [6, 6.07) is 18.0. The zero-order valence-corrected chi connectivity index (χ0v) is 12.2. The fraction of sp³-hybridized carbons (Fsp3) is 0.222. The van der Waals surface area contributed by atoms with Crippen LogP contribution in [-0.4, -0.2) is 5.71 Å². The van der Waals surface area contributed by atoms with Crippen LogP contribution < -0.4 is 0 Å². The van der Waals surface area contributed by atoms with Crippen molar-refractivity contribution in [2.45, 2.75) is 19.3 Å². The van der Waals surface area contributed by atoms with Gasteiger partial charge in [-0.25, -0.2) is 0 Å². The van der Waals surface area contributed by atoms with Crippen molar-refractivity contribution in [2.24, 2.45) is 5.92 Å². The number of halogens is 1. The van der Waals surface area contributed by atoms with Gasteiger partial charge in [-0.2, -0.15) is 0 Å². The quantitative estimate of drug-likeness (QED) is 0.723. The Hall–Kier alpha value is -1.60. The van der Waals surface area contributed by atoms with E-state index in [1.807, 2.05) is 42.5 Å². The molecule has 0 amide bonds. The van der Waals surface area contributed by atoms with E-state index in [9.17, 15) is 0 Å². The van der Waals surface area contributed by atoms with Crippen molar-refractivity contribution in [1.82, 2.24) is 0 Å². The standard InChI is InChI=1S/C18H19ClN/c1-14(11-16-7-9-17(19)10-8-16)12-18(20)13-15-5-3-2-4-6-15/h2-10,14,20H,1,11-13H2. The minimum absolute atomic E-state index is 0.229. The summed E-state index contributed by atoms with van der Waals surface area (Å²) in [6.45, 7) is 4.16. The summed E-state index contributed by atoms with van der Waals surface area (Å²) in [6.07, 6.45) is 2.33. The van der Waals surface area contributed by atoms with Gasteiger partial charge in [0, 0.05) is 17.2 Å². The molecule has 0 heterocycles. The van der Waals surface area contributed by atoms with Crippen LogP contribution in [-0.2, 0) is 12.8 Å². The van der Waals surface area contributed by atoms with Crippen LogP contribution in [0.5, 0.6) is 0 Å². The lowest BCUT2D eigenvalue weighted by molar-refractivity contribution is 0.667. The van der Waals surface area contributed by atoms with Crippen LogP contribution in [0, 0.1) is 18.3 Å². The molecule has 0 aliphatic carbocycles. The summed E-state index contributed by atoms with van der Waals surface area (Å²) in [7, 11) is 0. The maximum Gasteiger partial charge on any atom is 0.0406 e. The van der Waals surface area contributed by atoms with Gasteiger partial charge in [-0.3, -0.25) is 0 Å². The highest BCUT2D eigenvalue weighted by Gasteiger charge is 2.08. The lowest BCUT2D eigenvalue weighted by Crippen LogP contribution is -2.10. The van der Waals surface area contributed by atoms with Gasteiger partial charge in [-0.05, 0) is 48.9 Å². The third-order valence-electron chi connectivity index (χ3n) is 3.23. The Labute approximate surface area is 126 Å². The molecule has 1 atom stereocenters. The number of hydrogen-bond acceptors (Lipinski definition) is 1. The molecule has 1 nitrogen and oxygen atoms in total. The van der Waals surface area contributed by atoms with Gasteiger partial charge >= 0.3 is 0 Å². The van der Waals surface area contributed by atoms with E-state index >= 15 is 0 Å². The van der Waals surface area contributed by atoms with Crippen LogP contribution >= 0.6 is 11.6 Å². The lowest BCUT2D eigenvalue weighted by Gasteiger charge is -2.12. The molecule has 2 aromatic carbocycles. The molecule has 0 aliphatic rings. The molecule has 0 fully saturated rings. The van der Waals surface area contributed by atoms with E-state index in [1.165, 1.54) is 11.1 Å². The molecular formula is C18H19ClN. The molecule has 0 aromatic heterocycles. The monoisotopic (exact) mass is 284 g/mol. The fourth-order valence-corrected chi connectivity index (χ4v) is 2.41. The molecule has 0 saturated carbocycles. The Kier molecular flexibility index (Phi) is 5.37. The first-order valence-corrected chi connectivity index (χ1v) is 7.19. The minimum Gasteiger partial charge on any atom is -0.309 e. The van der Waals surface area contributed by atoms with Crippen molar-refractivity contribution in [3.63, 3.8) is 0 Å². The van der Waals surface area contributed by atoms with E-state index in [2.05, 4.69) is 19.1 Å². The maximum absolute atomic E-state index is 8.10. The zero-order chi connectivity index (χ0) is 14.4. The molecule has 0 saturated heterocycles. The molecule has 1 radical (unpaired) electrons. The normalized spacial score (nSPS) is 12.1. The number of hydrogen-bond donors (Lipinski definition) is 1. The molecular weight excluding hydrogens is 266 g/mol. The molecule has 2 aromatic rings. The third kappa shape index (κ3) is 4.82. The second kappa shape index (κ2) is 7.25. The number of nitrogens with one attached hydrogen (secondary N) is 1. The predicted molar refractivity (Wildman–Crippen MR) is 86.5 cm³/mol. The van der Waals surface area contributed by atoms with Crippen LogP contribution in [0.3, 0.4) is 0 Å². The maximum atomic E-state index is 8.10. The summed E-state index contributed by atoms with van der Waals surface area (Å²) >= 11 is 5.87. The molecule has 1 N–H and O–H groups in total. The first-order chi connectivity index (χ1) is 9.63. The van der Waals surface area contributed by atoms with Crippen LogP contribution in [0.2, 0.25) is 5.02 Å². The van der Waals surface area contributed by atoms with Crippen molar-refractivity contribution in [2.75, 3.05) is 0 Å². The van der Waals surface area contributed by atoms with Crippen LogP contribution in [0.1, 0.15) is 17.5 Å². The van der Waals surface area contributed by atoms with Gasteiger partial charge in [-0.1, -0.05) is 54.1 Å². The highest BCUT2D eigenvalue weighted by Crippen LogP contribution is 2.16. The van der Waals surface area contributed by atoms with Crippen molar-refractivity contribution in [1.29, 1.82) is 5.41 Å². The molecule has 103 valence electrons. The Morgan fingerprint density at radius 2 is 1.65 bits per heavy atom. The van der Waals surface area contributed by atoms with Crippen molar-refractivity contribution in [3.05, 3.63) is 77.7 Å². The second-order valence-corrected chi connectivity index (χ2v) is 5.60. The van der Waals surface area contributed by atoms with Crippen LogP contribution in [0.4, 0.5) is 0 Å². The Morgan fingerprint density at radius 1 is 1.00 bits per heavy atom. The Bertz CT molecular complexity index is 545. The molecule has 0 bridgehead atoms. The summed E-state index contributed by atoms with van der Waals surface area (Å²) in [5.41, 5.74) is 3.16. The number of rotatable bonds is 6. The SMILES string of the molecule is [CH2]C(CC(=N)Cc1ccccc1)Cc1ccc(Cl)cc1. The van der Waals surface area contributed by atoms with Gasteiger partial charge in [0.15, 0.2) is 0 Å². The van der Waals surface area contributed by atoms with Crippen LogP contribution in [0.25, 0.3) is 0 Å². The van der Waals surface area contributed by atoms with Gasteiger partial charge in [0.25, 0.3) is 0 Å². The zero-order valence-electron chi connectivity index (χ0n) is 11.5. The van der Waals surface area contributed by atoms with E-state index in [0.29, 0.717) is 6.42 Å². The summed E-state index contributed by atoms with van der Waals surface area (Å²) < 4.78 is 0. The van der Waals surface area contributed by atoms with Crippen molar-refractivity contribution >= 4 is 17.3 Å². The highest BCUT2D eigenvalue weighted by atomic mass is 35.5. The average molecular weight is 285 g/mol. The van der Waals surface area contributed by atoms with E-state index in [-0.39, 0.29) is 5.92 Å².